The second-order valence-corrected chi connectivity index (χ2v) is 7.97. The molecular formula is C20H32N4O4. The third-order valence-corrected chi connectivity index (χ3v) is 5.48. The van der Waals surface area contributed by atoms with Crippen molar-refractivity contribution in [2.24, 2.45) is 5.92 Å². The van der Waals surface area contributed by atoms with Gasteiger partial charge >= 0.3 is 0 Å². The summed E-state index contributed by atoms with van der Waals surface area (Å²) < 4.78 is 10.6. The van der Waals surface area contributed by atoms with E-state index in [4.69, 9.17) is 9.26 Å². The molecule has 1 N–H and O–H groups in total. The number of nitrogens with zero attached hydrogens (tertiary/aromatic N) is 3. The molecule has 156 valence electrons. The van der Waals surface area contributed by atoms with Gasteiger partial charge in [-0.15, -0.1) is 0 Å². The van der Waals surface area contributed by atoms with Crippen LogP contribution in [-0.4, -0.2) is 72.7 Å². The van der Waals surface area contributed by atoms with Gasteiger partial charge in [-0.3, -0.25) is 14.5 Å². The van der Waals surface area contributed by atoms with Crippen LogP contribution in [0.15, 0.2) is 10.6 Å². The molecule has 0 saturated carbocycles. The first-order valence-electron chi connectivity index (χ1n) is 10.3. The van der Waals surface area contributed by atoms with E-state index >= 15 is 0 Å². The summed E-state index contributed by atoms with van der Waals surface area (Å²) in [6.07, 6.45) is 1.98. The van der Waals surface area contributed by atoms with Crippen molar-refractivity contribution >= 4 is 11.8 Å². The van der Waals surface area contributed by atoms with E-state index in [2.05, 4.69) is 15.4 Å². The summed E-state index contributed by atoms with van der Waals surface area (Å²) in [6, 6.07) is 1.88. The lowest BCUT2D eigenvalue weighted by Gasteiger charge is -2.33. The van der Waals surface area contributed by atoms with Gasteiger partial charge in [0.05, 0.1) is 31.4 Å². The predicted molar refractivity (Wildman–Crippen MR) is 104 cm³/mol. The summed E-state index contributed by atoms with van der Waals surface area (Å²) in [5.41, 5.74) is 0.888. The topological polar surface area (TPSA) is 87.9 Å². The number of carbonyl (C=O) groups excluding carboxylic acids is 2. The molecule has 0 aromatic carbocycles. The molecule has 8 nitrogen and oxygen atoms in total. The molecule has 3 rings (SSSR count). The molecule has 0 aliphatic carbocycles. The van der Waals surface area contributed by atoms with Crippen LogP contribution < -0.4 is 5.32 Å². The van der Waals surface area contributed by atoms with Crippen molar-refractivity contribution < 1.29 is 18.8 Å². The van der Waals surface area contributed by atoms with E-state index in [-0.39, 0.29) is 17.7 Å². The molecule has 0 radical (unpaired) electrons. The number of amides is 2. The highest BCUT2D eigenvalue weighted by molar-refractivity contribution is 5.83. The van der Waals surface area contributed by atoms with Gasteiger partial charge in [0.2, 0.25) is 11.8 Å². The van der Waals surface area contributed by atoms with Gasteiger partial charge in [-0.1, -0.05) is 19.0 Å². The van der Waals surface area contributed by atoms with E-state index < -0.39 is 0 Å². The number of likely N-dealkylation sites (tertiary alicyclic amines) is 1. The Kier molecular flexibility index (Phi) is 7.44. The number of ether oxygens (including phenoxy) is 1. The zero-order valence-electron chi connectivity index (χ0n) is 17.0. The van der Waals surface area contributed by atoms with Crippen molar-refractivity contribution in [3.63, 3.8) is 0 Å². The Bertz CT molecular complexity index is 654. The Morgan fingerprint density at radius 2 is 2.11 bits per heavy atom. The lowest BCUT2D eigenvalue weighted by Crippen LogP contribution is -2.46. The summed E-state index contributed by atoms with van der Waals surface area (Å²) in [5.74, 6) is 0.930. The maximum atomic E-state index is 12.6. The van der Waals surface area contributed by atoms with Crippen LogP contribution in [0.1, 0.15) is 50.5 Å². The third kappa shape index (κ3) is 5.78. The minimum absolute atomic E-state index is 0.0202. The standard InChI is InChI=1S/C20H32N4O4/c1-15(2)18-12-17(28-22-18)13-21-20(26)16-4-5-19(25)24(14-16)7-3-6-23-8-10-27-11-9-23/h12,15-16H,3-11,13-14H2,1-2H3,(H,21,26)/t16-/m1/s1. The van der Waals surface area contributed by atoms with Crippen LogP contribution in [0.25, 0.3) is 0 Å². The van der Waals surface area contributed by atoms with Gasteiger partial charge in [-0.25, -0.2) is 0 Å². The fourth-order valence-electron chi connectivity index (χ4n) is 3.66. The molecule has 1 aromatic heterocycles. The van der Waals surface area contributed by atoms with Gasteiger partial charge in [-0.2, -0.15) is 0 Å². The maximum Gasteiger partial charge on any atom is 0.225 e. The molecule has 3 heterocycles. The number of carbonyl (C=O) groups is 2. The lowest BCUT2D eigenvalue weighted by molar-refractivity contribution is -0.138. The van der Waals surface area contributed by atoms with E-state index in [9.17, 15) is 9.59 Å². The Hall–Kier alpha value is -1.93. The van der Waals surface area contributed by atoms with Gasteiger partial charge < -0.3 is 19.5 Å². The van der Waals surface area contributed by atoms with Crippen molar-refractivity contribution in [2.45, 2.75) is 45.6 Å². The van der Waals surface area contributed by atoms with Crippen LogP contribution in [0.5, 0.6) is 0 Å². The van der Waals surface area contributed by atoms with Gasteiger partial charge in [0, 0.05) is 45.2 Å². The molecule has 8 heteroatoms. The SMILES string of the molecule is CC(C)c1cc(CNC(=O)[C@@H]2CCC(=O)N(CCCN3CCOCC3)C2)on1. The summed E-state index contributed by atoms with van der Waals surface area (Å²) in [4.78, 5) is 29.0. The van der Waals surface area contributed by atoms with Crippen molar-refractivity contribution in [2.75, 3.05) is 45.9 Å². The highest BCUT2D eigenvalue weighted by Crippen LogP contribution is 2.19. The molecule has 0 unspecified atom stereocenters. The number of piperidine rings is 1. The quantitative estimate of drug-likeness (QED) is 0.719. The van der Waals surface area contributed by atoms with Gasteiger partial charge in [0.1, 0.15) is 0 Å². The molecular weight excluding hydrogens is 360 g/mol. The maximum absolute atomic E-state index is 12.6. The molecule has 1 atom stereocenters. The Morgan fingerprint density at radius 1 is 1.32 bits per heavy atom. The largest absolute Gasteiger partial charge is 0.379 e. The molecule has 2 amide bonds. The fraction of sp³-hybridized carbons (Fsp3) is 0.750. The van der Waals surface area contributed by atoms with Crippen LogP contribution in [-0.2, 0) is 20.9 Å². The lowest BCUT2D eigenvalue weighted by atomic mass is 9.96. The first-order valence-corrected chi connectivity index (χ1v) is 10.3. The molecule has 0 bridgehead atoms. The fourth-order valence-corrected chi connectivity index (χ4v) is 3.66. The average Bonchev–Trinajstić information content (AvgIpc) is 3.18. The van der Waals surface area contributed by atoms with E-state index in [0.717, 1.165) is 45.0 Å². The van der Waals surface area contributed by atoms with E-state index in [1.54, 1.807) is 0 Å². The second-order valence-electron chi connectivity index (χ2n) is 7.97. The van der Waals surface area contributed by atoms with E-state index in [1.165, 1.54) is 0 Å². The van der Waals surface area contributed by atoms with Gasteiger partial charge in [0.25, 0.3) is 0 Å². The minimum Gasteiger partial charge on any atom is -0.379 e. The van der Waals surface area contributed by atoms with E-state index in [1.807, 2.05) is 24.8 Å². The smallest absolute Gasteiger partial charge is 0.225 e. The number of hydrogen-bond acceptors (Lipinski definition) is 6. The minimum atomic E-state index is -0.159. The Labute approximate surface area is 166 Å². The average molecular weight is 393 g/mol. The monoisotopic (exact) mass is 392 g/mol. The van der Waals surface area contributed by atoms with Crippen molar-refractivity contribution in [3.05, 3.63) is 17.5 Å². The second kappa shape index (κ2) is 10.0. The van der Waals surface area contributed by atoms with E-state index in [0.29, 0.717) is 44.2 Å². The van der Waals surface area contributed by atoms with Crippen LogP contribution >= 0.6 is 0 Å². The van der Waals surface area contributed by atoms with Gasteiger partial charge in [0.15, 0.2) is 5.76 Å². The molecule has 2 fully saturated rings. The molecule has 2 saturated heterocycles. The first kappa shape index (κ1) is 20.8. The summed E-state index contributed by atoms with van der Waals surface area (Å²) in [7, 11) is 0. The summed E-state index contributed by atoms with van der Waals surface area (Å²) in [6.45, 7) is 10.1. The zero-order chi connectivity index (χ0) is 19.9. The van der Waals surface area contributed by atoms with Crippen LogP contribution in [0.3, 0.4) is 0 Å². The zero-order valence-corrected chi connectivity index (χ0v) is 17.0. The van der Waals surface area contributed by atoms with Crippen LogP contribution in [0, 0.1) is 5.92 Å². The van der Waals surface area contributed by atoms with Crippen molar-refractivity contribution in [1.29, 1.82) is 0 Å². The summed E-state index contributed by atoms with van der Waals surface area (Å²) in [5, 5.41) is 6.94. The van der Waals surface area contributed by atoms with Crippen LogP contribution in [0.4, 0.5) is 0 Å². The molecule has 1 aromatic rings. The van der Waals surface area contributed by atoms with Crippen molar-refractivity contribution in [3.8, 4) is 0 Å². The number of nitrogens with one attached hydrogen (secondary N) is 1. The number of hydrogen-bond donors (Lipinski definition) is 1. The highest BCUT2D eigenvalue weighted by atomic mass is 16.5. The predicted octanol–water partition coefficient (Wildman–Crippen LogP) is 1.38. The molecule has 28 heavy (non-hydrogen) atoms. The number of rotatable bonds is 8. The molecule has 2 aliphatic heterocycles. The Morgan fingerprint density at radius 3 is 2.82 bits per heavy atom. The van der Waals surface area contributed by atoms with Gasteiger partial charge in [-0.05, 0) is 18.8 Å². The van der Waals surface area contributed by atoms with Crippen molar-refractivity contribution in [1.82, 2.24) is 20.3 Å². The normalized spacial score (nSPS) is 21.3. The Balaban J connectivity index is 1.41. The first-order chi connectivity index (χ1) is 13.5. The third-order valence-electron chi connectivity index (χ3n) is 5.48. The molecule has 0 spiro atoms. The summed E-state index contributed by atoms with van der Waals surface area (Å²) >= 11 is 0. The molecule has 2 aliphatic rings. The number of aromatic nitrogens is 1. The highest BCUT2D eigenvalue weighted by Gasteiger charge is 2.30. The van der Waals surface area contributed by atoms with Crippen LogP contribution in [0.2, 0.25) is 0 Å². The number of morpholine rings is 1.